The molecule has 1 aromatic heterocycles. The van der Waals surface area contributed by atoms with Crippen LogP contribution in [0, 0.1) is 0 Å². The highest BCUT2D eigenvalue weighted by Crippen LogP contribution is 2.10. The van der Waals surface area contributed by atoms with Gasteiger partial charge >= 0.3 is 0 Å². The van der Waals surface area contributed by atoms with Crippen molar-refractivity contribution < 1.29 is 9.47 Å². The first-order chi connectivity index (χ1) is 8.77. The SMILES string of the molecule is CCOCCN(CCOCC)c1ccnc(N)n1. The Labute approximate surface area is 108 Å². The van der Waals surface area contributed by atoms with Crippen LogP contribution in [0.2, 0.25) is 0 Å². The fourth-order valence-electron chi connectivity index (χ4n) is 1.52. The molecule has 0 aliphatic carbocycles. The van der Waals surface area contributed by atoms with E-state index < -0.39 is 0 Å². The Balaban J connectivity index is 2.57. The van der Waals surface area contributed by atoms with Gasteiger partial charge in [-0.05, 0) is 19.9 Å². The summed E-state index contributed by atoms with van der Waals surface area (Å²) in [7, 11) is 0. The largest absolute Gasteiger partial charge is 0.380 e. The zero-order chi connectivity index (χ0) is 13.2. The summed E-state index contributed by atoms with van der Waals surface area (Å²) >= 11 is 0. The minimum atomic E-state index is 0.283. The van der Waals surface area contributed by atoms with E-state index in [-0.39, 0.29) is 5.95 Å². The maximum Gasteiger partial charge on any atom is 0.221 e. The number of rotatable bonds is 9. The molecule has 1 rings (SSSR count). The summed E-state index contributed by atoms with van der Waals surface area (Å²) in [5.74, 6) is 1.09. The van der Waals surface area contributed by atoms with E-state index in [2.05, 4.69) is 14.9 Å². The van der Waals surface area contributed by atoms with Gasteiger partial charge in [-0.1, -0.05) is 0 Å². The van der Waals surface area contributed by atoms with E-state index in [4.69, 9.17) is 15.2 Å². The second-order valence-electron chi connectivity index (χ2n) is 3.65. The van der Waals surface area contributed by atoms with Gasteiger partial charge in [-0.2, -0.15) is 4.98 Å². The number of aromatic nitrogens is 2. The predicted octanol–water partition coefficient (Wildman–Crippen LogP) is 0.938. The number of hydrogen-bond donors (Lipinski definition) is 1. The van der Waals surface area contributed by atoms with Crippen LogP contribution in [0.3, 0.4) is 0 Å². The van der Waals surface area contributed by atoms with Gasteiger partial charge in [0.2, 0.25) is 5.95 Å². The lowest BCUT2D eigenvalue weighted by atomic mass is 10.4. The van der Waals surface area contributed by atoms with Crippen LogP contribution in [-0.2, 0) is 9.47 Å². The van der Waals surface area contributed by atoms with E-state index in [9.17, 15) is 0 Å². The second-order valence-corrected chi connectivity index (χ2v) is 3.65. The van der Waals surface area contributed by atoms with Crippen molar-refractivity contribution in [2.75, 3.05) is 50.2 Å². The Kier molecular flexibility index (Phi) is 7.05. The van der Waals surface area contributed by atoms with Crippen molar-refractivity contribution in [2.45, 2.75) is 13.8 Å². The molecule has 0 fully saturated rings. The minimum absolute atomic E-state index is 0.283. The van der Waals surface area contributed by atoms with Crippen molar-refractivity contribution in [1.82, 2.24) is 9.97 Å². The second kappa shape index (κ2) is 8.66. The first-order valence-electron chi connectivity index (χ1n) is 6.26. The lowest BCUT2D eigenvalue weighted by Crippen LogP contribution is -2.32. The van der Waals surface area contributed by atoms with E-state index in [1.54, 1.807) is 6.20 Å². The Morgan fingerprint density at radius 2 is 1.78 bits per heavy atom. The molecule has 0 bridgehead atoms. The Morgan fingerprint density at radius 3 is 2.28 bits per heavy atom. The van der Waals surface area contributed by atoms with Gasteiger partial charge in [-0.15, -0.1) is 0 Å². The molecule has 0 amide bonds. The summed E-state index contributed by atoms with van der Waals surface area (Å²) in [5.41, 5.74) is 5.59. The molecule has 0 radical (unpaired) electrons. The Morgan fingerprint density at radius 1 is 1.17 bits per heavy atom. The summed E-state index contributed by atoms with van der Waals surface area (Å²) in [6.07, 6.45) is 1.66. The van der Waals surface area contributed by atoms with Crippen LogP contribution >= 0.6 is 0 Å². The molecule has 6 nitrogen and oxygen atoms in total. The zero-order valence-electron chi connectivity index (χ0n) is 11.1. The minimum Gasteiger partial charge on any atom is -0.380 e. The van der Waals surface area contributed by atoms with Crippen LogP contribution in [0.4, 0.5) is 11.8 Å². The molecular weight excluding hydrogens is 232 g/mol. The highest BCUT2D eigenvalue weighted by atomic mass is 16.5. The van der Waals surface area contributed by atoms with Gasteiger partial charge in [0, 0.05) is 32.5 Å². The molecule has 0 unspecified atom stereocenters. The third kappa shape index (κ3) is 5.29. The average Bonchev–Trinajstić information content (AvgIpc) is 2.37. The molecule has 0 saturated carbocycles. The van der Waals surface area contributed by atoms with Crippen molar-refractivity contribution in [3.63, 3.8) is 0 Å². The van der Waals surface area contributed by atoms with Gasteiger partial charge < -0.3 is 20.1 Å². The van der Waals surface area contributed by atoms with Gasteiger partial charge in [0.1, 0.15) is 5.82 Å². The molecule has 0 aliphatic heterocycles. The standard InChI is InChI=1S/C12H22N4O2/c1-3-17-9-7-16(8-10-18-4-2)11-5-6-14-12(13)15-11/h5-6H,3-4,7-10H2,1-2H3,(H2,13,14,15). The molecule has 0 saturated heterocycles. The lowest BCUT2D eigenvalue weighted by molar-refractivity contribution is 0.141. The molecule has 1 heterocycles. The average molecular weight is 254 g/mol. The van der Waals surface area contributed by atoms with Crippen molar-refractivity contribution in [3.8, 4) is 0 Å². The van der Waals surface area contributed by atoms with Gasteiger partial charge in [0.05, 0.1) is 13.2 Å². The normalized spacial score (nSPS) is 10.6. The molecular formula is C12H22N4O2. The third-order valence-corrected chi connectivity index (χ3v) is 2.40. The summed E-state index contributed by atoms with van der Waals surface area (Å²) in [6.45, 7) is 8.23. The number of anilines is 2. The van der Waals surface area contributed by atoms with E-state index in [0.29, 0.717) is 26.4 Å². The highest BCUT2D eigenvalue weighted by Gasteiger charge is 2.08. The van der Waals surface area contributed by atoms with E-state index in [1.807, 2.05) is 19.9 Å². The lowest BCUT2D eigenvalue weighted by Gasteiger charge is -2.23. The van der Waals surface area contributed by atoms with Crippen LogP contribution < -0.4 is 10.6 Å². The van der Waals surface area contributed by atoms with Gasteiger partial charge in [0.15, 0.2) is 0 Å². The quantitative estimate of drug-likeness (QED) is 0.661. The molecule has 18 heavy (non-hydrogen) atoms. The van der Waals surface area contributed by atoms with E-state index >= 15 is 0 Å². The molecule has 0 aliphatic rings. The number of ether oxygens (including phenoxy) is 2. The van der Waals surface area contributed by atoms with Gasteiger partial charge in [-0.3, -0.25) is 0 Å². The molecule has 2 N–H and O–H groups in total. The summed E-state index contributed by atoms with van der Waals surface area (Å²) in [6, 6.07) is 1.84. The third-order valence-electron chi connectivity index (χ3n) is 2.40. The van der Waals surface area contributed by atoms with Crippen LogP contribution in [0.5, 0.6) is 0 Å². The molecule has 102 valence electrons. The summed E-state index contributed by atoms with van der Waals surface area (Å²) in [4.78, 5) is 10.2. The molecule has 0 spiro atoms. The zero-order valence-corrected chi connectivity index (χ0v) is 11.1. The maximum atomic E-state index is 5.59. The summed E-state index contributed by atoms with van der Waals surface area (Å²) < 4.78 is 10.7. The Hall–Kier alpha value is -1.40. The van der Waals surface area contributed by atoms with Crippen molar-refractivity contribution in [3.05, 3.63) is 12.3 Å². The summed E-state index contributed by atoms with van der Waals surface area (Å²) in [5, 5.41) is 0. The van der Waals surface area contributed by atoms with Crippen molar-refractivity contribution in [1.29, 1.82) is 0 Å². The number of nitrogens with two attached hydrogens (primary N) is 1. The smallest absolute Gasteiger partial charge is 0.221 e. The molecule has 6 heteroatoms. The molecule has 0 aromatic carbocycles. The number of nitrogens with zero attached hydrogens (tertiary/aromatic N) is 3. The first-order valence-corrected chi connectivity index (χ1v) is 6.26. The monoisotopic (exact) mass is 254 g/mol. The predicted molar refractivity (Wildman–Crippen MR) is 71.6 cm³/mol. The van der Waals surface area contributed by atoms with Crippen LogP contribution in [0.25, 0.3) is 0 Å². The Bertz CT molecular complexity index is 326. The van der Waals surface area contributed by atoms with Crippen LogP contribution in [0.1, 0.15) is 13.8 Å². The highest BCUT2D eigenvalue weighted by molar-refractivity contribution is 5.40. The van der Waals surface area contributed by atoms with E-state index in [1.165, 1.54) is 0 Å². The number of hydrogen-bond acceptors (Lipinski definition) is 6. The fraction of sp³-hybridized carbons (Fsp3) is 0.667. The van der Waals surface area contributed by atoms with Crippen LogP contribution in [0.15, 0.2) is 12.3 Å². The van der Waals surface area contributed by atoms with Gasteiger partial charge in [-0.25, -0.2) is 4.98 Å². The number of nitrogen functional groups attached to an aromatic ring is 1. The molecule has 1 aromatic rings. The van der Waals surface area contributed by atoms with Crippen LogP contribution in [-0.4, -0.2) is 49.5 Å². The maximum absolute atomic E-state index is 5.59. The molecule has 0 atom stereocenters. The van der Waals surface area contributed by atoms with Gasteiger partial charge in [0.25, 0.3) is 0 Å². The first kappa shape index (κ1) is 14.7. The fourth-order valence-corrected chi connectivity index (χ4v) is 1.52. The van der Waals surface area contributed by atoms with Crippen molar-refractivity contribution in [2.24, 2.45) is 0 Å². The topological polar surface area (TPSA) is 73.5 Å². The van der Waals surface area contributed by atoms with E-state index in [0.717, 1.165) is 18.9 Å². The van der Waals surface area contributed by atoms with Crippen molar-refractivity contribution >= 4 is 11.8 Å².